The predicted octanol–water partition coefficient (Wildman–Crippen LogP) is 2.35. The van der Waals surface area contributed by atoms with Gasteiger partial charge in [0.1, 0.15) is 0 Å². The molecule has 0 N–H and O–H groups in total. The molecule has 0 unspecified atom stereocenters. The van der Waals surface area contributed by atoms with Crippen molar-refractivity contribution >= 4 is 0 Å². The molecule has 0 aliphatic rings. The van der Waals surface area contributed by atoms with E-state index < -0.39 is 0 Å². The number of benzene rings is 1. The van der Waals surface area contributed by atoms with E-state index in [1.807, 2.05) is 31.2 Å². The molecule has 3 nitrogen and oxygen atoms in total. The maximum Gasteiger partial charge on any atom is 0.223 e. The fraction of sp³-hybridized carbons (Fsp3) is 0.200. The number of nitrogens with zero attached hydrogens (tertiary/aromatic N) is 2. The molecule has 0 saturated heterocycles. The molecule has 0 spiro atoms. The van der Waals surface area contributed by atoms with Crippen LogP contribution in [0, 0.1) is 13.8 Å². The summed E-state index contributed by atoms with van der Waals surface area (Å²) < 4.78 is 4.90. The molecule has 1 aromatic heterocycles. The molecule has 0 radical (unpaired) electrons. The van der Waals surface area contributed by atoms with E-state index in [0.29, 0.717) is 11.7 Å². The number of rotatable bonds is 1. The maximum absolute atomic E-state index is 4.90. The third-order valence-corrected chi connectivity index (χ3v) is 1.80. The Morgan fingerprint density at radius 1 is 1.23 bits per heavy atom. The van der Waals surface area contributed by atoms with Crippen LogP contribution in [0.4, 0.5) is 0 Å². The normalized spacial score (nSPS) is 10.3. The Morgan fingerprint density at radius 2 is 2.08 bits per heavy atom. The van der Waals surface area contributed by atoms with Crippen LogP contribution in [0.3, 0.4) is 0 Å². The van der Waals surface area contributed by atoms with Crippen LogP contribution in [0.5, 0.6) is 0 Å². The first-order chi connectivity index (χ1) is 6.25. The van der Waals surface area contributed by atoms with Crippen molar-refractivity contribution in [1.29, 1.82) is 0 Å². The van der Waals surface area contributed by atoms with Crippen molar-refractivity contribution in [2.45, 2.75) is 13.8 Å². The first-order valence-corrected chi connectivity index (χ1v) is 4.13. The van der Waals surface area contributed by atoms with Gasteiger partial charge in [0.25, 0.3) is 0 Å². The van der Waals surface area contributed by atoms with Crippen molar-refractivity contribution in [3.63, 3.8) is 0 Å². The SMILES string of the molecule is Cc1cccc(-c2noc(C)n2)c1. The summed E-state index contributed by atoms with van der Waals surface area (Å²) in [6, 6.07) is 8.02. The Labute approximate surface area is 76.4 Å². The van der Waals surface area contributed by atoms with E-state index in [0.717, 1.165) is 5.56 Å². The quantitative estimate of drug-likeness (QED) is 0.666. The highest BCUT2D eigenvalue weighted by atomic mass is 16.5. The van der Waals surface area contributed by atoms with E-state index in [9.17, 15) is 0 Å². The molecule has 66 valence electrons. The summed E-state index contributed by atoms with van der Waals surface area (Å²) in [6.07, 6.45) is 0. The van der Waals surface area contributed by atoms with Crippen LogP contribution in [0.15, 0.2) is 28.8 Å². The van der Waals surface area contributed by atoms with Crippen LogP contribution < -0.4 is 0 Å². The van der Waals surface area contributed by atoms with Gasteiger partial charge in [-0.25, -0.2) is 0 Å². The van der Waals surface area contributed by atoms with Gasteiger partial charge >= 0.3 is 0 Å². The molecule has 1 heterocycles. The van der Waals surface area contributed by atoms with Gasteiger partial charge in [-0.05, 0) is 13.0 Å². The minimum atomic E-state index is 0.594. The molecular weight excluding hydrogens is 164 g/mol. The zero-order valence-electron chi connectivity index (χ0n) is 7.61. The smallest absolute Gasteiger partial charge is 0.223 e. The number of hydrogen-bond acceptors (Lipinski definition) is 3. The lowest BCUT2D eigenvalue weighted by atomic mass is 10.1. The zero-order chi connectivity index (χ0) is 9.26. The van der Waals surface area contributed by atoms with Crippen molar-refractivity contribution in [1.82, 2.24) is 10.1 Å². The van der Waals surface area contributed by atoms with Gasteiger partial charge in [-0.2, -0.15) is 4.98 Å². The van der Waals surface area contributed by atoms with Gasteiger partial charge in [-0.3, -0.25) is 0 Å². The second-order valence-electron chi connectivity index (χ2n) is 3.01. The summed E-state index contributed by atoms with van der Waals surface area (Å²) in [5.41, 5.74) is 2.19. The van der Waals surface area contributed by atoms with E-state index in [-0.39, 0.29) is 0 Å². The van der Waals surface area contributed by atoms with Crippen molar-refractivity contribution in [3.8, 4) is 11.4 Å². The Morgan fingerprint density at radius 3 is 2.69 bits per heavy atom. The molecule has 0 saturated carbocycles. The monoisotopic (exact) mass is 174 g/mol. The van der Waals surface area contributed by atoms with Crippen LogP contribution in [0.25, 0.3) is 11.4 Å². The Hall–Kier alpha value is -1.64. The van der Waals surface area contributed by atoms with Gasteiger partial charge in [0.2, 0.25) is 11.7 Å². The summed E-state index contributed by atoms with van der Waals surface area (Å²) in [4.78, 5) is 4.14. The summed E-state index contributed by atoms with van der Waals surface area (Å²) in [7, 11) is 0. The average molecular weight is 174 g/mol. The summed E-state index contributed by atoms with van der Waals surface area (Å²) in [6.45, 7) is 3.82. The van der Waals surface area contributed by atoms with Crippen LogP contribution in [-0.4, -0.2) is 10.1 Å². The van der Waals surface area contributed by atoms with Crippen LogP contribution in [-0.2, 0) is 0 Å². The second kappa shape index (κ2) is 3.01. The molecule has 2 rings (SSSR count). The van der Waals surface area contributed by atoms with Gasteiger partial charge in [-0.15, -0.1) is 0 Å². The molecule has 1 aromatic carbocycles. The summed E-state index contributed by atoms with van der Waals surface area (Å²) in [5.74, 6) is 1.25. The minimum Gasteiger partial charge on any atom is -0.339 e. The lowest BCUT2D eigenvalue weighted by Crippen LogP contribution is -1.81. The largest absolute Gasteiger partial charge is 0.339 e. The molecule has 0 amide bonds. The van der Waals surface area contributed by atoms with Crippen molar-refractivity contribution in [2.24, 2.45) is 0 Å². The molecule has 0 aliphatic heterocycles. The van der Waals surface area contributed by atoms with E-state index in [1.165, 1.54) is 5.56 Å². The van der Waals surface area contributed by atoms with Gasteiger partial charge in [-0.1, -0.05) is 28.9 Å². The molecule has 0 bridgehead atoms. The number of hydrogen-bond donors (Lipinski definition) is 0. The average Bonchev–Trinajstić information content (AvgIpc) is 2.52. The van der Waals surface area contributed by atoms with E-state index in [4.69, 9.17) is 4.52 Å². The third-order valence-electron chi connectivity index (χ3n) is 1.80. The first-order valence-electron chi connectivity index (χ1n) is 4.13. The molecule has 0 aliphatic carbocycles. The van der Waals surface area contributed by atoms with Crippen molar-refractivity contribution < 1.29 is 4.52 Å². The van der Waals surface area contributed by atoms with E-state index in [1.54, 1.807) is 6.92 Å². The van der Waals surface area contributed by atoms with Crippen LogP contribution >= 0.6 is 0 Å². The highest BCUT2D eigenvalue weighted by molar-refractivity contribution is 5.55. The highest BCUT2D eigenvalue weighted by Gasteiger charge is 2.04. The highest BCUT2D eigenvalue weighted by Crippen LogP contribution is 2.16. The fourth-order valence-corrected chi connectivity index (χ4v) is 1.20. The Balaban J connectivity index is 2.46. The van der Waals surface area contributed by atoms with E-state index >= 15 is 0 Å². The molecule has 0 atom stereocenters. The van der Waals surface area contributed by atoms with E-state index in [2.05, 4.69) is 10.1 Å². The second-order valence-corrected chi connectivity index (χ2v) is 3.01. The molecular formula is C10H10N2O. The summed E-state index contributed by atoms with van der Waals surface area (Å²) in [5, 5.41) is 3.84. The number of aryl methyl sites for hydroxylation is 2. The van der Waals surface area contributed by atoms with Gasteiger partial charge in [0.15, 0.2) is 0 Å². The third kappa shape index (κ3) is 1.59. The zero-order valence-corrected chi connectivity index (χ0v) is 7.61. The predicted molar refractivity (Wildman–Crippen MR) is 49.2 cm³/mol. The van der Waals surface area contributed by atoms with Crippen LogP contribution in [0.1, 0.15) is 11.5 Å². The molecule has 13 heavy (non-hydrogen) atoms. The van der Waals surface area contributed by atoms with Crippen molar-refractivity contribution in [2.75, 3.05) is 0 Å². The van der Waals surface area contributed by atoms with Crippen LogP contribution in [0.2, 0.25) is 0 Å². The lowest BCUT2D eigenvalue weighted by molar-refractivity contribution is 0.394. The fourth-order valence-electron chi connectivity index (χ4n) is 1.20. The molecule has 0 fully saturated rings. The number of aromatic nitrogens is 2. The first kappa shape index (κ1) is 7.98. The van der Waals surface area contributed by atoms with Gasteiger partial charge < -0.3 is 4.52 Å². The topological polar surface area (TPSA) is 38.9 Å². The molecule has 3 heteroatoms. The van der Waals surface area contributed by atoms with Gasteiger partial charge in [0.05, 0.1) is 0 Å². The maximum atomic E-state index is 4.90. The minimum absolute atomic E-state index is 0.594. The Bertz CT molecular complexity index is 420. The van der Waals surface area contributed by atoms with Crippen molar-refractivity contribution in [3.05, 3.63) is 35.7 Å². The Kier molecular flexibility index (Phi) is 1.85. The standard InChI is InChI=1S/C10H10N2O/c1-7-4-3-5-9(6-7)10-11-8(2)13-12-10/h3-6H,1-2H3. The summed E-state index contributed by atoms with van der Waals surface area (Å²) >= 11 is 0. The van der Waals surface area contributed by atoms with Gasteiger partial charge in [0, 0.05) is 12.5 Å². The molecule has 2 aromatic rings. The lowest BCUT2D eigenvalue weighted by Gasteiger charge is -1.94.